The van der Waals surface area contributed by atoms with Crippen LogP contribution in [0.2, 0.25) is 0 Å². The molecule has 2 rings (SSSR count). The molecule has 0 spiro atoms. The molecule has 4 nitrogen and oxygen atoms in total. The Morgan fingerprint density at radius 1 is 1.11 bits per heavy atom. The molecule has 1 amide bonds. The van der Waals surface area contributed by atoms with Gasteiger partial charge in [0.25, 0.3) is 0 Å². The average molecular weight is 255 g/mol. The van der Waals surface area contributed by atoms with Crippen LogP contribution < -0.4 is 16.4 Å². The molecular formula is C15H17N3O. The highest BCUT2D eigenvalue weighted by molar-refractivity contribution is 5.88. The Morgan fingerprint density at radius 2 is 1.84 bits per heavy atom. The molecule has 98 valence electrons. The van der Waals surface area contributed by atoms with Crippen molar-refractivity contribution in [3.63, 3.8) is 0 Å². The highest BCUT2D eigenvalue weighted by Gasteiger charge is 1.98. The Morgan fingerprint density at radius 3 is 2.53 bits per heavy atom. The molecule has 4 heteroatoms. The summed E-state index contributed by atoms with van der Waals surface area (Å²) in [6.07, 6.45) is 0. The zero-order valence-corrected chi connectivity index (χ0v) is 10.8. The number of anilines is 3. The molecule has 0 saturated carbocycles. The van der Waals surface area contributed by atoms with Crippen molar-refractivity contribution in [2.24, 2.45) is 0 Å². The van der Waals surface area contributed by atoms with E-state index in [4.69, 9.17) is 5.73 Å². The molecule has 0 atom stereocenters. The summed E-state index contributed by atoms with van der Waals surface area (Å²) in [6, 6.07) is 15.3. The number of benzene rings is 2. The minimum atomic E-state index is -0.0661. The summed E-state index contributed by atoms with van der Waals surface area (Å²) in [5, 5.41) is 6.07. The van der Waals surface area contributed by atoms with Crippen molar-refractivity contribution in [3.8, 4) is 0 Å². The van der Waals surface area contributed by atoms with E-state index in [2.05, 4.69) is 10.6 Å². The summed E-state index contributed by atoms with van der Waals surface area (Å²) in [5.74, 6) is -0.0661. The normalized spacial score (nSPS) is 9.95. The van der Waals surface area contributed by atoms with Crippen LogP contribution in [-0.2, 0) is 11.3 Å². The Labute approximate surface area is 112 Å². The van der Waals surface area contributed by atoms with E-state index >= 15 is 0 Å². The Hall–Kier alpha value is -2.49. The van der Waals surface area contributed by atoms with Gasteiger partial charge in [0.1, 0.15) is 0 Å². The third kappa shape index (κ3) is 4.03. The maximum absolute atomic E-state index is 11.0. The molecule has 0 aliphatic heterocycles. The molecule has 2 aromatic rings. The highest BCUT2D eigenvalue weighted by Crippen LogP contribution is 2.14. The van der Waals surface area contributed by atoms with Crippen molar-refractivity contribution in [2.75, 3.05) is 16.4 Å². The van der Waals surface area contributed by atoms with Crippen LogP contribution >= 0.6 is 0 Å². The van der Waals surface area contributed by atoms with Crippen LogP contribution in [0.3, 0.4) is 0 Å². The van der Waals surface area contributed by atoms with Gasteiger partial charge in [-0.05, 0) is 42.0 Å². The van der Waals surface area contributed by atoms with E-state index in [1.807, 2.05) is 48.5 Å². The van der Waals surface area contributed by atoms with Crippen LogP contribution in [0.1, 0.15) is 12.5 Å². The fourth-order valence-electron chi connectivity index (χ4n) is 1.77. The minimum Gasteiger partial charge on any atom is -0.399 e. The fourth-order valence-corrected chi connectivity index (χ4v) is 1.77. The zero-order valence-electron chi connectivity index (χ0n) is 10.8. The third-order valence-electron chi connectivity index (χ3n) is 2.65. The van der Waals surface area contributed by atoms with Crippen molar-refractivity contribution < 1.29 is 4.79 Å². The van der Waals surface area contributed by atoms with Gasteiger partial charge in [-0.2, -0.15) is 0 Å². The quantitative estimate of drug-likeness (QED) is 0.736. The van der Waals surface area contributed by atoms with Gasteiger partial charge in [0.15, 0.2) is 0 Å². The van der Waals surface area contributed by atoms with E-state index in [9.17, 15) is 4.79 Å². The van der Waals surface area contributed by atoms with Gasteiger partial charge in [0.2, 0.25) is 5.91 Å². The SMILES string of the molecule is CC(=O)Nc1cccc(CNc2ccc(N)cc2)c1. The highest BCUT2D eigenvalue weighted by atomic mass is 16.1. The lowest BCUT2D eigenvalue weighted by atomic mass is 10.2. The lowest BCUT2D eigenvalue weighted by Crippen LogP contribution is -2.06. The fraction of sp³-hybridized carbons (Fsp3) is 0.133. The Kier molecular flexibility index (Phi) is 4.03. The van der Waals surface area contributed by atoms with Crippen LogP contribution in [0.5, 0.6) is 0 Å². The Balaban J connectivity index is 1.99. The number of hydrogen-bond donors (Lipinski definition) is 3. The number of nitrogen functional groups attached to an aromatic ring is 1. The van der Waals surface area contributed by atoms with Crippen LogP contribution in [0.4, 0.5) is 17.1 Å². The van der Waals surface area contributed by atoms with Gasteiger partial charge in [-0.15, -0.1) is 0 Å². The minimum absolute atomic E-state index is 0.0661. The van der Waals surface area contributed by atoms with Crippen molar-refractivity contribution in [3.05, 3.63) is 54.1 Å². The van der Waals surface area contributed by atoms with Crippen LogP contribution in [0.15, 0.2) is 48.5 Å². The van der Waals surface area contributed by atoms with Crippen LogP contribution in [0, 0.1) is 0 Å². The molecule has 0 aromatic heterocycles. The molecule has 0 aliphatic rings. The lowest BCUT2D eigenvalue weighted by Gasteiger charge is -2.08. The standard InChI is InChI=1S/C15H17N3O/c1-11(19)18-15-4-2-3-12(9-15)10-17-14-7-5-13(16)6-8-14/h2-9,17H,10,16H2,1H3,(H,18,19). The molecular weight excluding hydrogens is 238 g/mol. The van der Waals surface area contributed by atoms with E-state index in [0.29, 0.717) is 6.54 Å². The largest absolute Gasteiger partial charge is 0.399 e. The third-order valence-corrected chi connectivity index (χ3v) is 2.65. The van der Waals surface area contributed by atoms with Crippen molar-refractivity contribution in [1.29, 1.82) is 0 Å². The predicted molar refractivity (Wildman–Crippen MR) is 78.9 cm³/mol. The Bertz CT molecular complexity index is 564. The summed E-state index contributed by atoms with van der Waals surface area (Å²) in [6.45, 7) is 2.19. The monoisotopic (exact) mass is 255 g/mol. The summed E-state index contributed by atoms with van der Waals surface area (Å²) in [5.41, 5.74) is 9.30. The molecule has 19 heavy (non-hydrogen) atoms. The molecule has 2 aromatic carbocycles. The van der Waals surface area contributed by atoms with Gasteiger partial charge in [0, 0.05) is 30.5 Å². The maximum Gasteiger partial charge on any atom is 0.221 e. The van der Waals surface area contributed by atoms with Crippen LogP contribution in [0.25, 0.3) is 0 Å². The summed E-state index contributed by atoms with van der Waals surface area (Å²) in [4.78, 5) is 11.0. The first-order valence-electron chi connectivity index (χ1n) is 6.09. The molecule has 0 bridgehead atoms. The number of hydrogen-bond acceptors (Lipinski definition) is 3. The second-order valence-electron chi connectivity index (χ2n) is 4.36. The van der Waals surface area contributed by atoms with Gasteiger partial charge >= 0.3 is 0 Å². The summed E-state index contributed by atoms with van der Waals surface area (Å²) >= 11 is 0. The molecule has 0 heterocycles. The van der Waals surface area contributed by atoms with Crippen molar-refractivity contribution >= 4 is 23.0 Å². The molecule has 4 N–H and O–H groups in total. The van der Waals surface area contributed by atoms with Gasteiger partial charge in [-0.25, -0.2) is 0 Å². The number of rotatable bonds is 4. The number of carbonyl (C=O) groups is 1. The van der Waals surface area contributed by atoms with Crippen molar-refractivity contribution in [1.82, 2.24) is 0 Å². The first-order valence-corrected chi connectivity index (χ1v) is 6.09. The topological polar surface area (TPSA) is 67.2 Å². The van der Waals surface area contributed by atoms with E-state index in [1.165, 1.54) is 6.92 Å². The van der Waals surface area contributed by atoms with E-state index < -0.39 is 0 Å². The van der Waals surface area contributed by atoms with E-state index in [-0.39, 0.29) is 5.91 Å². The number of amides is 1. The molecule has 0 radical (unpaired) electrons. The zero-order chi connectivity index (χ0) is 13.7. The molecule has 0 saturated heterocycles. The number of carbonyl (C=O) groups excluding carboxylic acids is 1. The van der Waals surface area contributed by atoms with Crippen molar-refractivity contribution in [2.45, 2.75) is 13.5 Å². The molecule has 0 fully saturated rings. The van der Waals surface area contributed by atoms with Gasteiger partial charge in [-0.3, -0.25) is 4.79 Å². The number of nitrogens with one attached hydrogen (secondary N) is 2. The maximum atomic E-state index is 11.0. The number of nitrogens with two attached hydrogens (primary N) is 1. The lowest BCUT2D eigenvalue weighted by molar-refractivity contribution is -0.114. The second-order valence-corrected chi connectivity index (χ2v) is 4.36. The van der Waals surface area contributed by atoms with E-state index in [0.717, 1.165) is 22.6 Å². The average Bonchev–Trinajstić information content (AvgIpc) is 2.38. The summed E-state index contributed by atoms with van der Waals surface area (Å²) in [7, 11) is 0. The van der Waals surface area contributed by atoms with E-state index in [1.54, 1.807) is 0 Å². The molecule has 0 unspecified atom stereocenters. The smallest absolute Gasteiger partial charge is 0.221 e. The predicted octanol–water partition coefficient (Wildman–Crippen LogP) is 2.84. The van der Waals surface area contributed by atoms with Gasteiger partial charge in [-0.1, -0.05) is 12.1 Å². The summed E-state index contributed by atoms with van der Waals surface area (Å²) < 4.78 is 0. The first-order chi connectivity index (χ1) is 9.13. The first kappa shape index (κ1) is 13.0. The van der Waals surface area contributed by atoms with Gasteiger partial charge < -0.3 is 16.4 Å². The second kappa shape index (κ2) is 5.91. The molecule has 0 aliphatic carbocycles. The van der Waals surface area contributed by atoms with Gasteiger partial charge in [0.05, 0.1) is 0 Å². The van der Waals surface area contributed by atoms with Crippen LogP contribution in [-0.4, -0.2) is 5.91 Å².